The summed E-state index contributed by atoms with van der Waals surface area (Å²) in [5, 5.41) is 11.0. The first-order chi connectivity index (χ1) is 7.11. The van der Waals surface area contributed by atoms with Gasteiger partial charge in [-0.1, -0.05) is 6.58 Å². The normalized spacial score (nSPS) is 13.6. The molecular weight excluding hydrogens is 198 g/mol. The quantitative estimate of drug-likeness (QED) is 0.513. The molecule has 0 bridgehead atoms. The second kappa shape index (κ2) is 7.99. The van der Waals surface area contributed by atoms with Crippen molar-refractivity contribution in [1.29, 1.82) is 0 Å². The van der Waals surface area contributed by atoms with Gasteiger partial charge < -0.3 is 15.2 Å². The van der Waals surface area contributed by atoms with Crippen LogP contribution in [0, 0.1) is 0 Å². The summed E-state index contributed by atoms with van der Waals surface area (Å²) in [5.41, 5.74) is 0.0943. The number of aliphatic hydroxyl groups excluding tert-OH is 1. The van der Waals surface area contributed by atoms with Crippen LogP contribution in [0.2, 0.25) is 0 Å². The molecule has 1 saturated heterocycles. The Kier molecular flexibility index (Phi) is 7.27. The molecular formula is C10H17NO4. The summed E-state index contributed by atoms with van der Waals surface area (Å²) in [5.74, 6) is -0.324. The van der Waals surface area contributed by atoms with Crippen LogP contribution in [0.15, 0.2) is 12.2 Å². The van der Waals surface area contributed by atoms with Crippen LogP contribution in [-0.4, -0.2) is 36.7 Å². The van der Waals surface area contributed by atoms with Crippen molar-refractivity contribution in [3.05, 3.63) is 12.2 Å². The van der Waals surface area contributed by atoms with Crippen LogP contribution in [0.4, 0.5) is 0 Å². The molecule has 0 saturated carbocycles. The minimum atomic E-state index is -0.528. The molecule has 1 aliphatic rings. The zero-order chi connectivity index (χ0) is 11.7. The summed E-state index contributed by atoms with van der Waals surface area (Å²) in [4.78, 5) is 20.6. The number of nitrogens with one attached hydrogen (secondary N) is 1. The maximum atomic E-state index is 10.5. The molecule has 0 radical (unpaired) electrons. The van der Waals surface area contributed by atoms with Crippen molar-refractivity contribution in [3.8, 4) is 0 Å². The number of amides is 1. The van der Waals surface area contributed by atoms with E-state index < -0.39 is 5.97 Å². The summed E-state index contributed by atoms with van der Waals surface area (Å²) < 4.78 is 4.50. The van der Waals surface area contributed by atoms with Crippen LogP contribution < -0.4 is 5.32 Å². The minimum Gasteiger partial charge on any atom is -0.463 e. The number of hydrogen-bond donors (Lipinski definition) is 2. The van der Waals surface area contributed by atoms with Crippen LogP contribution in [-0.2, 0) is 14.3 Å². The van der Waals surface area contributed by atoms with E-state index in [-0.39, 0.29) is 18.1 Å². The molecule has 1 heterocycles. The molecule has 1 aliphatic heterocycles. The third-order valence-corrected chi connectivity index (χ3v) is 1.66. The van der Waals surface area contributed by atoms with Crippen LogP contribution in [0.25, 0.3) is 0 Å². The predicted molar refractivity (Wildman–Crippen MR) is 55.1 cm³/mol. The van der Waals surface area contributed by atoms with E-state index in [0.717, 1.165) is 19.4 Å². The molecule has 0 atom stereocenters. The van der Waals surface area contributed by atoms with Gasteiger partial charge in [0.05, 0.1) is 18.8 Å². The van der Waals surface area contributed by atoms with Gasteiger partial charge in [0.25, 0.3) is 0 Å². The highest BCUT2D eigenvalue weighted by molar-refractivity contribution is 5.87. The van der Waals surface area contributed by atoms with Gasteiger partial charge in [0.2, 0.25) is 5.91 Å². The number of ether oxygens (including phenoxy) is 1. The van der Waals surface area contributed by atoms with E-state index in [1.54, 1.807) is 6.92 Å². The largest absolute Gasteiger partial charge is 0.463 e. The van der Waals surface area contributed by atoms with E-state index in [0.29, 0.717) is 6.61 Å². The Bertz CT molecular complexity index is 230. The third-order valence-electron chi connectivity index (χ3n) is 1.66. The van der Waals surface area contributed by atoms with Crippen molar-refractivity contribution in [1.82, 2.24) is 5.32 Å². The van der Waals surface area contributed by atoms with Gasteiger partial charge in [-0.15, -0.1) is 0 Å². The molecule has 15 heavy (non-hydrogen) atoms. The third kappa shape index (κ3) is 6.68. The summed E-state index contributed by atoms with van der Waals surface area (Å²) in [6.45, 7) is 5.83. The molecule has 5 heteroatoms. The Morgan fingerprint density at radius 3 is 2.60 bits per heavy atom. The van der Waals surface area contributed by atoms with E-state index in [2.05, 4.69) is 16.6 Å². The van der Waals surface area contributed by atoms with Gasteiger partial charge in [0.15, 0.2) is 0 Å². The first-order valence-corrected chi connectivity index (χ1v) is 4.84. The first-order valence-electron chi connectivity index (χ1n) is 4.84. The molecule has 0 spiro atoms. The second-order valence-corrected chi connectivity index (χ2v) is 2.94. The summed E-state index contributed by atoms with van der Waals surface area (Å²) >= 11 is 0. The molecule has 5 nitrogen and oxygen atoms in total. The van der Waals surface area contributed by atoms with Crippen LogP contribution in [0.5, 0.6) is 0 Å². The zero-order valence-electron chi connectivity index (χ0n) is 8.91. The Labute approximate surface area is 89.1 Å². The van der Waals surface area contributed by atoms with E-state index >= 15 is 0 Å². The molecule has 0 unspecified atom stereocenters. The SMILES string of the molecule is C=C(CO)C(=O)OCC.O=C1CCCN1. The Hall–Kier alpha value is -1.36. The van der Waals surface area contributed by atoms with Crippen molar-refractivity contribution < 1.29 is 19.4 Å². The predicted octanol–water partition coefficient (Wildman–Crippen LogP) is -0.00560. The lowest BCUT2D eigenvalue weighted by atomic mass is 10.3. The van der Waals surface area contributed by atoms with Crippen molar-refractivity contribution in [2.75, 3.05) is 19.8 Å². The topological polar surface area (TPSA) is 75.6 Å². The fourth-order valence-electron chi connectivity index (χ4n) is 0.863. The van der Waals surface area contributed by atoms with Gasteiger partial charge >= 0.3 is 5.97 Å². The van der Waals surface area contributed by atoms with Crippen molar-refractivity contribution in [2.24, 2.45) is 0 Å². The lowest BCUT2D eigenvalue weighted by Crippen LogP contribution is -2.12. The average molecular weight is 215 g/mol. The summed E-state index contributed by atoms with van der Waals surface area (Å²) in [6.07, 6.45) is 1.76. The molecule has 0 aromatic carbocycles. The summed E-state index contributed by atoms with van der Waals surface area (Å²) in [6, 6.07) is 0. The number of esters is 1. The number of aliphatic hydroxyl groups is 1. The van der Waals surface area contributed by atoms with Gasteiger partial charge in [0, 0.05) is 13.0 Å². The fourth-order valence-corrected chi connectivity index (χ4v) is 0.863. The molecule has 0 aliphatic carbocycles. The van der Waals surface area contributed by atoms with Gasteiger partial charge in [-0.05, 0) is 13.3 Å². The fraction of sp³-hybridized carbons (Fsp3) is 0.600. The van der Waals surface area contributed by atoms with Crippen LogP contribution in [0.3, 0.4) is 0 Å². The zero-order valence-corrected chi connectivity index (χ0v) is 8.91. The van der Waals surface area contributed by atoms with E-state index in [4.69, 9.17) is 5.11 Å². The Morgan fingerprint density at radius 2 is 2.33 bits per heavy atom. The number of carbonyl (C=O) groups is 2. The van der Waals surface area contributed by atoms with Crippen LogP contribution >= 0.6 is 0 Å². The van der Waals surface area contributed by atoms with E-state index in [9.17, 15) is 9.59 Å². The lowest BCUT2D eigenvalue weighted by Gasteiger charge is -1.99. The molecule has 0 aromatic heterocycles. The summed E-state index contributed by atoms with van der Waals surface area (Å²) in [7, 11) is 0. The minimum absolute atomic E-state index is 0.0943. The Morgan fingerprint density at radius 1 is 1.67 bits per heavy atom. The van der Waals surface area contributed by atoms with Gasteiger partial charge in [-0.25, -0.2) is 4.79 Å². The van der Waals surface area contributed by atoms with Gasteiger partial charge in [-0.3, -0.25) is 4.79 Å². The highest BCUT2D eigenvalue weighted by Gasteiger charge is 2.05. The highest BCUT2D eigenvalue weighted by atomic mass is 16.5. The standard InChI is InChI=1S/C6H10O3.C4H7NO/c1-3-9-6(8)5(2)4-7;6-4-2-1-3-5-4/h7H,2-4H2,1H3;1-3H2,(H,5,6). The second-order valence-electron chi connectivity index (χ2n) is 2.94. The molecule has 1 amide bonds. The number of rotatable bonds is 3. The maximum absolute atomic E-state index is 10.5. The smallest absolute Gasteiger partial charge is 0.335 e. The molecule has 1 rings (SSSR count). The molecule has 1 fully saturated rings. The van der Waals surface area contributed by atoms with Gasteiger partial charge in [-0.2, -0.15) is 0 Å². The maximum Gasteiger partial charge on any atom is 0.335 e. The molecule has 2 N–H and O–H groups in total. The van der Waals surface area contributed by atoms with Crippen molar-refractivity contribution in [2.45, 2.75) is 19.8 Å². The number of carbonyl (C=O) groups excluding carboxylic acids is 2. The van der Waals surface area contributed by atoms with E-state index in [1.165, 1.54) is 0 Å². The Balaban J connectivity index is 0.000000280. The van der Waals surface area contributed by atoms with Crippen molar-refractivity contribution >= 4 is 11.9 Å². The molecule has 86 valence electrons. The van der Waals surface area contributed by atoms with Crippen LogP contribution in [0.1, 0.15) is 19.8 Å². The monoisotopic (exact) mass is 215 g/mol. The first kappa shape index (κ1) is 13.6. The average Bonchev–Trinajstić information content (AvgIpc) is 2.69. The van der Waals surface area contributed by atoms with Gasteiger partial charge in [0.1, 0.15) is 0 Å². The lowest BCUT2D eigenvalue weighted by molar-refractivity contribution is -0.138. The van der Waals surface area contributed by atoms with Crippen molar-refractivity contribution in [3.63, 3.8) is 0 Å². The highest BCUT2D eigenvalue weighted by Crippen LogP contribution is 1.93. The number of hydrogen-bond acceptors (Lipinski definition) is 4. The molecule has 0 aromatic rings. The van der Waals surface area contributed by atoms with E-state index in [1.807, 2.05) is 0 Å².